The van der Waals surface area contributed by atoms with Crippen molar-refractivity contribution in [2.24, 2.45) is 5.10 Å². The third kappa shape index (κ3) is 4.30. The Morgan fingerprint density at radius 3 is 2.89 bits per heavy atom. The molecule has 188 valence electrons. The van der Waals surface area contributed by atoms with E-state index < -0.39 is 7.05 Å². The molecule has 0 radical (unpaired) electrons. The summed E-state index contributed by atoms with van der Waals surface area (Å²) in [5.74, 6) is 0.486. The third-order valence-corrected chi connectivity index (χ3v) is 6.38. The number of hydrazone groups is 1. The highest BCUT2D eigenvalue weighted by atomic mass is 16.2. The minimum Gasteiger partial charge on any atom is -0.427 e. The highest BCUT2D eigenvalue weighted by molar-refractivity contribution is 6.67. The first-order valence-electron chi connectivity index (χ1n) is 12.2. The molecule has 0 fully saturated rings. The van der Waals surface area contributed by atoms with Crippen molar-refractivity contribution in [3.8, 4) is 22.6 Å². The Morgan fingerprint density at radius 2 is 2.05 bits per heavy atom. The summed E-state index contributed by atoms with van der Waals surface area (Å²) in [5.41, 5.74) is 7.12. The molecule has 11 nitrogen and oxygen atoms in total. The van der Waals surface area contributed by atoms with Crippen LogP contribution in [0.5, 0.6) is 0 Å². The molecule has 1 aliphatic heterocycles. The Balaban J connectivity index is 1.29. The molecule has 5 heterocycles. The first-order valence-corrected chi connectivity index (χ1v) is 12.2. The lowest BCUT2D eigenvalue weighted by Crippen LogP contribution is -2.52. The zero-order valence-corrected chi connectivity index (χ0v) is 20.8. The van der Waals surface area contributed by atoms with E-state index in [2.05, 4.69) is 25.5 Å². The van der Waals surface area contributed by atoms with Crippen LogP contribution < -0.4 is 10.8 Å². The fourth-order valence-electron chi connectivity index (χ4n) is 4.44. The Hall–Kier alpha value is -4.84. The molecule has 5 aromatic rings. The number of H-pyrrole nitrogens is 1. The van der Waals surface area contributed by atoms with Gasteiger partial charge in [0.25, 0.3) is 0 Å². The standard InChI is InChI=1S/C26H24BN9O2/c1-3-24(37)36-27(38)20-9-8-19(11-18(20)12-30-36)28-13-22-33-25(17-7-10-23-29-15-31-35(23)14-17)26(34-22)21-6-4-5-16(2)32-21/h4-12,14-15,28,38H,3,13H2,1-2H3,(H,33,34). The number of aryl methyl sites for hydroxylation is 1. The predicted octanol–water partition coefficient (Wildman–Crippen LogP) is 2.38. The molecular weight excluding hydrogens is 481 g/mol. The first kappa shape index (κ1) is 23.6. The summed E-state index contributed by atoms with van der Waals surface area (Å²) < 4.78 is 1.72. The van der Waals surface area contributed by atoms with Crippen LogP contribution in [-0.4, -0.2) is 58.7 Å². The summed E-state index contributed by atoms with van der Waals surface area (Å²) in [6, 6.07) is 15.3. The second-order valence-electron chi connectivity index (χ2n) is 8.96. The minimum atomic E-state index is -1.10. The van der Waals surface area contributed by atoms with Crippen molar-refractivity contribution in [2.45, 2.75) is 26.8 Å². The average molecular weight is 505 g/mol. The molecule has 4 aromatic heterocycles. The molecule has 0 atom stereocenters. The lowest BCUT2D eigenvalue weighted by atomic mass is 9.69. The van der Waals surface area contributed by atoms with Gasteiger partial charge in [0.2, 0.25) is 5.91 Å². The van der Waals surface area contributed by atoms with Crippen molar-refractivity contribution in [1.82, 2.24) is 34.5 Å². The van der Waals surface area contributed by atoms with Gasteiger partial charge in [-0.15, -0.1) is 0 Å². The van der Waals surface area contributed by atoms with E-state index in [1.807, 2.05) is 55.6 Å². The number of hydrogen-bond donors (Lipinski definition) is 3. The van der Waals surface area contributed by atoms with Crippen LogP contribution in [0.1, 0.15) is 30.4 Å². The number of hydrogen-bond acceptors (Lipinski definition) is 8. The fraction of sp³-hybridized carbons (Fsp3) is 0.154. The number of nitrogens with zero attached hydrogens (tertiary/aromatic N) is 7. The van der Waals surface area contributed by atoms with Gasteiger partial charge >= 0.3 is 7.05 Å². The van der Waals surface area contributed by atoms with Crippen LogP contribution in [0.25, 0.3) is 28.3 Å². The SMILES string of the molecule is CCC(=O)N1N=Cc2cc(NCc3nc(-c4ccc5ncnn5c4)c(-c4cccc(C)n4)[nH]3)ccc2B1O. The van der Waals surface area contributed by atoms with E-state index in [9.17, 15) is 9.82 Å². The van der Waals surface area contributed by atoms with Crippen LogP contribution in [0.3, 0.4) is 0 Å². The molecular formula is C26H24BN9O2. The zero-order chi connectivity index (χ0) is 26.2. The number of aromatic amines is 1. The Bertz CT molecular complexity index is 1690. The molecule has 0 bridgehead atoms. The van der Waals surface area contributed by atoms with E-state index in [4.69, 9.17) is 9.97 Å². The topological polar surface area (TPSA) is 137 Å². The second-order valence-corrected chi connectivity index (χ2v) is 8.96. The Kier molecular flexibility index (Phi) is 5.93. The van der Waals surface area contributed by atoms with Gasteiger partial charge < -0.3 is 15.3 Å². The second kappa shape index (κ2) is 9.56. The molecule has 1 amide bonds. The van der Waals surface area contributed by atoms with E-state index in [-0.39, 0.29) is 12.3 Å². The molecule has 0 saturated heterocycles. The summed E-state index contributed by atoms with van der Waals surface area (Å²) in [7, 11) is -1.10. The molecule has 0 aliphatic carbocycles. The molecule has 3 N–H and O–H groups in total. The van der Waals surface area contributed by atoms with Gasteiger partial charge in [0.05, 0.1) is 29.8 Å². The quantitative estimate of drug-likeness (QED) is 0.302. The van der Waals surface area contributed by atoms with E-state index in [0.29, 0.717) is 12.0 Å². The lowest BCUT2D eigenvalue weighted by molar-refractivity contribution is -0.127. The summed E-state index contributed by atoms with van der Waals surface area (Å²) in [5, 5.41) is 22.4. The number of nitrogens with one attached hydrogen (secondary N) is 2. The monoisotopic (exact) mass is 505 g/mol. The molecule has 1 aromatic carbocycles. The normalized spacial score (nSPS) is 12.7. The predicted molar refractivity (Wildman–Crippen MR) is 145 cm³/mol. The number of benzene rings is 1. The van der Waals surface area contributed by atoms with Crippen molar-refractivity contribution in [1.29, 1.82) is 0 Å². The van der Waals surface area contributed by atoms with Crippen molar-refractivity contribution < 1.29 is 9.82 Å². The van der Waals surface area contributed by atoms with Gasteiger partial charge in [-0.2, -0.15) is 10.2 Å². The van der Waals surface area contributed by atoms with Gasteiger partial charge in [0.15, 0.2) is 5.65 Å². The van der Waals surface area contributed by atoms with E-state index in [1.54, 1.807) is 23.7 Å². The van der Waals surface area contributed by atoms with Gasteiger partial charge in [0.1, 0.15) is 12.2 Å². The maximum absolute atomic E-state index is 12.0. The van der Waals surface area contributed by atoms with Gasteiger partial charge in [-0.1, -0.05) is 19.1 Å². The molecule has 0 unspecified atom stereocenters. The number of aromatic nitrogens is 6. The maximum atomic E-state index is 12.0. The van der Waals surface area contributed by atoms with Crippen LogP contribution >= 0.6 is 0 Å². The number of carbonyl (C=O) groups excluding carboxylic acids is 1. The minimum absolute atomic E-state index is 0.239. The zero-order valence-electron chi connectivity index (χ0n) is 20.8. The third-order valence-electron chi connectivity index (χ3n) is 6.38. The number of rotatable bonds is 6. The van der Waals surface area contributed by atoms with Gasteiger partial charge in [-0.3, -0.25) is 9.78 Å². The maximum Gasteiger partial charge on any atom is 0.474 e. The van der Waals surface area contributed by atoms with Gasteiger partial charge in [-0.05, 0) is 54.3 Å². The van der Waals surface area contributed by atoms with Crippen molar-refractivity contribution in [3.05, 3.63) is 78.1 Å². The molecule has 0 spiro atoms. The van der Waals surface area contributed by atoms with Crippen LogP contribution in [-0.2, 0) is 11.3 Å². The smallest absolute Gasteiger partial charge is 0.427 e. The molecule has 0 saturated carbocycles. The number of imidazole rings is 1. The summed E-state index contributed by atoms with van der Waals surface area (Å²) in [4.78, 5) is 30.4. The molecule has 38 heavy (non-hydrogen) atoms. The van der Waals surface area contributed by atoms with E-state index in [0.717, 1.165) is 56.0 Å². The summed E-state index contributed by atoms with van der Waals surface area (Å²) in [6.45, 7) is 4.11. The van der Waals surface area contributed by atoms with Crippen LogP contribution in [0.2, 0.25) is 0 Å². The molecule has 6 rings (SSSR count). The fourth-order valence-corrected chi connectivity index (χ4v) is 4.44. The van der Waals surface area contributed by atoms with Crippen LogP contribution in [0.4, 0.5) is 5.69 Å². The summed E-state index contributed by atoms with van der Waals surface area (Å²) in [6.07, 6.45) is 5.27. The van der Waals surface area contributed by atoms with Crippen molar-refractivity contribution in [2.75, 3.05) is 5.32 Å². The van der Waals surface area contributed by atoms with Gasteiger partial charge in [-0.25, -0.2) is 19.4 Å². The molecule has 1 aliphatic rings. The largest absolute Gasteiger partial charge is 0.474 e. The van der Waals surface area contributed by atoms with Crippen molar-refractivity contribution >= 4 is 36.0 Å². The van der Waals surface area contributed by atoms with Crippen LogP contribution in [0, 0.1) is 6.92 Å². The Labute approximate surface area is 218 Å². The first-order chi connectivity index (χ1) is 18.5. The summed E-state index contributed by atoms with van der Waals surface area (Å²) >= 11 is 0. The number of fused-ring (bicyclic) bond motifs is 2. The number of pyridine rings is 2. The van der Waals surface area contributed by atoms with Gasteiger partial charge in [0, 0.05) is 29.6 Å². The lowest BCUT2D eigenvalue weighted by Gasteiger charge is -2.25. The highest BCUT2D eigenvalue weighted by Gasteiger charge is 2.32. The Morgan fingerprint density at radius 1 is 1.16 bits per heavy atom. The van der Waals surface area contributed by atoms with E-state index in [1.165, 1.54) is 6.33 Å². The number of carbonyl (C=O) groups is 1. The van der Waals surface area contributed by atoms with Crippen molar-refractivity contribution in [3.63, 3.8) is 0 Å². The average Bonchev–Trinajstić information content (AvgIpc) is 3.58. The van der Waals surface area contributed by atoms with E-state index >= 15 is 0 Å². The molecule has 12 heteroatoms. The highest BCUT2D eigenvalue weighted by Crippen LogP contribution is 2.29. The number of anilines is 1. The van der Waals surface area contributed by atoms with Crippen LogP contribution in [0.15, 0.2) is 66.2 Å². The number of amides is 1.